The summed E-state index contributed by atoms with van der Waals surface area (Å²) in [5.41, 5.74) is 0. The summed E-state index contributed by atoms with van der Waals surface area (Å²) in [4.78, 5) is 0. The summed E-state index contributed by atoms with van der Waals surface area (Å²) in [7, 11) is -0.737. The molecular weight excluding hydrogens is 499 g/mol. The summed E-state index contributed by atoms with van der Waals surface area (Å²) in [6, 6.07) is 0. The second kappa shape index (κ2) is 33.9. The van der Waals surface area contributed by atoms with Gasteiger partial charge >= 0.3 is 0 Å². The monoisotopic (exact) mass is 575 g/mol. The van der Waals surface area contributed by atoms with Crippen molar-refractivity contribution in [3.05, 3.63) is 0 Å². The molecule has 0 heterocycles. The van der Waals surface area contributed by atoms with Gasteiger partial charge < -0.3 is 12.4 Å². The fourth-order valence-corrected chi connectivity index (χ4v) is 11.2. The molecule has 38 heavy (non-hydrogen) atoms. The number of rotatable bonds is 32. The van der Waals surface area contributed by atoms with Gasteiger partial charge in [0, 0.05) is 7.26 Å². The van der Waals surface area contributed by atoms with Crippen LogP contribution in [0.3, 0.4) is 0 Å². The fourth-order valence-electron chi connectivity index (χ4n) is 6.29. The molecule has 0 radical (unpaired) electrons. The lowest BCUT2D eigenvalue weighted by molar-refractivity contribution is -0.00000843. The molecule has 0 aromatic heterocycles. The quantitative estimate of drug-likeness (QED) is 0.0553. The first-order valence-corrected chi connectivity index (χ1v) is 20.6. The van der Waals surface area contributed by atoms with E-state index >= 15 is 0 Å². The van der Waals surface area contributed by atoms with Gasteiger partial charge in [0.2, 0.25) is 0 Å². The molecule has 0 rings (SSSR count). The molecule has 0 fully saturated rings. The zero-order valence-corrected chi connectivity index (χ0v) is 29.1. The Morgan fingerprint density at radius 1 is 0.237 bits per heavy atom. The SMILES string of the molecule is CCCCCCCCCCCC[P+](CCCCCCCC)(CCCCCCCC)CCCCCCCC.[Cl-]. The van der Waals surface area contributed by atoms with Gasteiger partial charge in [-0.15, -0.1) is 0 Å². The molecule has 0 aliphatic carbocycles. The van der Waals surface area contributed by atoms with E-state index in [1.165, 1.54) is 154 Å². The summed E-state index contributed by atoms with van der Waals surface area (Å²) in [6.45, 7) is 9.38. The maximum atomic E-state index is 2.35. The molecule has 0 atom stereocenters. The van der Waals surface area contributed by atoms with Crippen LogP contribution in [0.4, 0.5) is 0 Å². The molecule has 0 aromatic rings. The van der Waals surface area contributed by atoms with Crippen molar-refractivity contribution in [2.75, 3.05) is 24.6 Å². The van der Waals surface area contributed by atoms with E-state index in [-0.39, 0.29) is 12.4 Å². The molecule has 0 saturated carbocycles. The summed E-state index contributed by atoms with van der Waals surface area (Å²) >= 11 is 0. The van der Waals surface area contributed by atoms with Gasteiger partial charge in [-0.2, -0.15) is 0 Å². The minimum absolute atomic E-state index is 0. The Balaban J connectivity index is 0. The molecule has 2 heteroatoms. The van der Waals surface area contributed by atoms with Crippen LogP contribution in [0, 0.1) is 0 Å². The van der Waals surface area contributed by atoms with Crippen molar-refractivity contribution in [1.29, 1.82) is 0 Å². The highest BCUT2D eigenvalue weighted by Gasteiger charge is 2.34. The van der Waals surface area contributed by atoms with Crippen LogP contribution in [0.1, 0.15) is 207 Å². The molecule has 0 N–H and O–H groups in total. The Labute approximate surface area is 251 Å². The molecule has 0 aliphatic rings. The van der Waals surface area contributed by atoms with Crippen LogP contribution in [-0.4, -0.2) is 24.6 Å². The van der Waals surface area contributed by atoms with E-state index in [0.29, 0.717) is 0 Å². The summed E-state index contributed by atoms with van der Waals surface area (Å²) < 4.78 is 0. The van der Waals surface area contributed by atoms with E-state index in [9.17, 15) is 0 Å². The topological polar surface area (TPSA) is 0 Å². The average Bonchev–Trinajstić information content (AvgIpc) is 2.91. The van der Waals surface area contributed by atoms with Crippen LogP contribution in [0.25, 0.3) is 0 Å². The normalized spacial score (nSPS) is 11.7. The molecule has 0 spiro atoms. The van der Waals surface area contributed by atoms with Gasteiger partial charge in [0.05, 0.1) is 24.6 Å². The largest absolute Gasteiger partial charge is 1.00 e. The maximum absolute atomic E-state index is 2.35. The number of hydrogen-bond acceptors (Lipinski definition) is 0. The third-order valence-corrected chi connectivity index (χ3v) is 14.0. The van der Waals surface area contributed by atoms with Gasteiger partial charge in [0.15, 0.2) is 0 Å². The predicted molar refractivity (Wildman–Crippen MR) is 178 cm³/mol. The first kappa shape index (κ1) is 40.9. The van der Waals surface area contributed by atoms with Gasteiger partial charge in [-0.25, -0.2) is 0 Å². The molecule has 0 nitrogen and oxygen atoms in total. The highest BCUT2D eigenvalue weighted by molar-refractivity contribution is 7.75. The molecule has 0 aromatic carbocycles. The smallest absolute Gasteiger partial charge is 0.0594 e. The van der Waals surface area contributed by atoms with Gasteiger partial charge in [0.1, 0.15) is 0 Å². The summed E-state index contributed by atoms with van der Waals surface area (Å²) in [5.74, 6) is 0. The molecular formula is C36H76ClP. The van der Waals surface area contributed by atoms with Crippen molar-refractivity contribution in [2.24, 2.45) is 0 Å². The van der Waals surface area contributed by atoms with Crippen molar-refractivity contribution in [3.63, 3.8) is 0 Å². The van der Waals surface area contributed by atoms with E-state index in [4.69, 9.17) is 0 Å². The highest BCUT2D eigenvalue weighted by Crippen LogP contribution is 2.61. The third-order valence-electron chi connectivity index (χ3n) is 8.94. The molecule has 0 amide bonds. The molecule has 0 bridgehead atoms. The standard InChI is InChI=1S/C36H76P.ClH/c1-5-9-13-17-21-22-23-24-28-32-36-37(33-29-25-18-14-10-6-2,34-30-26-19-15-11-7-3)35-31-27-20-16-12-8-4;/h5-36H2,1-4H3;1H/q+1;/p-1. The predicted octanol–water partition coefficient (Wildman–Crippen LogP) is 11.0. The Morgan fingerprint density at radius 3 is 0.579 bits per heavy atom. The van der Waals surface area contributed by atoms with E-state index < -0.39 is 7.26 Å². The van der Waals surface area contributed by atoms with Gasteiger partial charge in [-0.3, -0.25) is 0 Å². The second-order valence-corrected chi connectivity index (χ2v) is 17.2. The van der Waals surface area contributed by atoms with Crippen LogP contribution < -0.4 is 12.4 Å². The third kappa shape index (κ3) is 28.3. The molecule has 0 aliphatic heterocycles. The molecule has 232 valence electrons. The van der Waals surface area contributed by atoms with E-state index in [0.717, 1.165) is 0 Å². The second-order valence-electron chi connectivity index (χ2n) is 12.7. The Morgan fingerprint density at radius 2 is 0.395 bits per heavy atom. The van der Waals surface area contributed by atoms with Crippen molar-refractivity contribution < 1.29 is 12.4 Å². The number of halogens is 1. The maximum Gasteiger partial charge on any atom is 0.0594 e. The molecule has 0 saturated heterocycles. The van der Waals surface area contributed by atoms with E-state index in [1.807, 2.05) is 0 Å². The zero-order valence-electron chi connectivity index (χ0n) is 27.5. The van der Waals surface area contributed by atoms with Crippen LogP contribution in [0.2, 0.25) is 0 Å². The highest BCUT2D eigenvalue weighted by atomic mass is 35.5. The van der Waals surface area contributed by atoms with E-state index in [1.54, 1.807) is 50.3 Å². The van der Waals surface area contributed by atoms with Crippen molar-refractivity contribution in [1.82, 2.24) is 0 Å². The van der Waals surface area contributed by atoms with Gasteiger partial charge in [0.25, 0.3) is 0 Å². The lowest BCUT2D eigenvalue weighted by atomic mass is 10.1. The van der Waals surface area contributed by atoms with Gasteiger partial charge in [-0.1, -0.05) is 156 Å². The van der Waals surface area contributed by atoms with Crippen LogP contribution >= 0.6 is 7.26 Å². The van der Waals surface area contributed by atoms with Crippen molar-refractivity contribution in [2.45, 2.75) is 207 Å². The lowest BCUT2D eigenvalue weighted by Crippen LogP contribution is -3.00. The Bertz CT molecular complexity index is 369. The summed E-state index contributed by atoms with van der Waals surface area (Å²) in [6.07, 6.45) is 48.2. The summed E-state index contributed by atoms with van der Waals surface area (Å²) in [5, 5.41) is 0. The minimum atomic E-state index is -0.737. The number of hydrogen-bond donors (Lipinski definition) is 0. The van der Waals surface area contributed by atoms with Crippen molar-refractivity contribution >= 4 is 7.26 Å². The first-order chi connectivity index (χ1) is 18.2. The van der Waals surface area contributed by atoms with Crippen molar-refractivity contribution in [3.8, 4) is 0 Å². The van der Waals surface area contributed by atoms with Crippen LogP contribution in [-0.2, 0) is 0 Å². The fraction of sp³-hybridized carbons (Fsp3) is 1.00. The Hall–Kier alpha value is 0.720. The zero-order chi connectivity index (χ0) is 27.1. The van der Waals surface area contributed by atoms with Crippen LogP contribution in [0.5, 0.6) is 0 Å². The molecule has 0 unspecified atom stereocenters. The van der Waals surface area contributed by atoms with E-state index in [2.05, 4.69) is 27.7 Å². The Kier molecular flexibility index (Phi) is 36.5. The lowest BCUT2D eigenvalue weighted by Gasteiger charge is -2.28. The van der Waals surface area contributed by atoms with Crippen LogP contribution in [0.15, 0.2) is 0 Å². The first-order valence-electron chi connectivity index (χ1n) is 18.1. The average molecular weight is 575 g/mol. The minimum Gasteiger partial charge on any atom is -1.00 e. The number of unbranched alkanes of at least 4 members (excludes halogenated alkanes) is 24. The van der Waals surface area contributed by atoms with Gasteiger partial charge in [-0.05, 0) is 51.4 Å².